The molecule has 4 rings (SSSR count). The number of piperidine rings is 1. The van der Waals surface area contributed by atoms with Crippen LogP contribution in [0, 0.1) is 0 Å². The van der Waals surface area contributed by atoms with Crippen molar-refractivity contribution in [2.24, 2.45) is 0 Å². The number of hydrogen-bond acceptors (Lipinski definition) is 3. The number of hydrogen-bond donors (Lipinski definition) is 1. The molecule has 28 heavy (non-hydrogen) atoms. The molecule has 5 heteroatoms. The standard InChI is InChI=1S/C23H25N3O2/c27-22(12-13-23(28)26-17-14-18-6-2-3-7-21(18)26)24-19-8-10-20(11-9-19)25-15-4-1-5-16-25/h2-3,6-11,14,17H,1,4-5,12-13,15-16H2,(H,24,27). The van der Waals surface area contributed by atoms with Crippen molar-refractivity contribution < 1.29 is 9.59 Å². The van der Waals surface area contributed by atoms with E-state index in [-0.39, 0.29) is 24.7 Å². The lowest BCUT2D eigenvalue weighted by atomic mass is 10.1. The summed E-state index contributed by atoms with van der Waals surface area (Å²) >= 11 is 0. The van der Waals surface area contributed by atoms with Gasteiger partial charge >= 0.3 is 0 Å². The Kier molecular flexibility index (Phi) is 5.42. The van der Waals surface area contributed by atoms with Gasteiger partial charge in [-0.3, -0.25) is 14.2 Å². The Hall–Kier alpha value is -3.08. The van der Waals surface area contributed by atoms with Crippen molar-refractivity contribution >= 4 is 34.1 Å². The van der Waals surface area contributed by atoms with Crippen LogP contribution >= 0.6 is 0 Å². The fraction of sp³-hybridized carbons (Fsp3) is 0.304. The minimum absolute atomic E-state index is 0.0724. The molecule has 1 N–H and O–H groups in total. The van der Waals surface area contributed by atoms with Crippen LogP contribution in [-0.2, 0) is 4.79 Å². The summed E-state index contributed by atoms with van der Waals surface area (Å²) in [6.07, 6.45) is 5.90. The zero-order valence-corrected chi connectivity index (χ0v) is 15.9. The van der Waals surface area contributed by atoms with Crippen LogP contribution in [0.1, 0.15) is 36.9 Å². The first-order valence-electron chi connectivity index (χ1n) is 9.95. The summed E-state index contributed by atoms with van der Waals surface area (Å²) in [6.45, 7) is 2.20. The van der Waals surface area contributed by atoms with E-state index in [4.69, 9.17) is 0 Å². The fourth-order valence-electron chi connectivity index (χ4n) is 3.77. The third kappa shape index (κ3) is 4.09. The highest BCUT2D eigenvalue weighted by Crippen LogP contribution is 2.22. The number of aromatic nitrogens is 1. The first kappa shape index (κ1) is 18.3. The van der Waals surface area contributed by atoms with E-state index in [1.165, 1.54) is 24.9 Å². The van der Waals surface area contributed by atoms with Crippen molar-refractivity contribution in [2.45, 2.75) is 32.1 Å². The second-order valence-corrected chi connectivity index (χ2v) is 7.28. The number of carbonyl (C=O) groups excluding carboxylic acids is 2. The quantitative estimate of drug-likeness (QED) is 0.704. The molecule has 5 nitrogen and oxygen atoms in total. The molecule has 0 saturated carbocycles. The lowest BCUT2D eigenvalue weighted by molar-refractivity contribution is -0.116. The third-order valence-electron chi connectivity index (χ3n) is 5.31. The molecule has 0 unspecified atom stereocenters. The Balaban J connectivity index is 1.31. The third-order valence-corrected chi connectivity index (χ3v) is 5.31. The summed E-state index contributed by atoms with van der Waals surface area (Å²) in [5.74, 6) is -0.215. The van der Waals surface area contributed by atoms with Crippen LogP contribution in [0.15, 0.2) is 60.8 Å². The van der Waals surface area contributed by atoms with Crippen LogP contribution in [0.3, 0.4) is 0 Å². The van der Waals surface area contributed by atoms with E-state index in [0.29, 0.717) is 0 Å². The van der Waals surface area contributed by atoms with Gasteiger partial charge in [0.1, 0.15) is 0 Å². The molecule has 1 aliphatic heterocycles. The van der Waals surface area contributed by atoms with Crippen LogP contribution in [0.2, 0.25) is 0 Å². The van der Waals surface area contributed by atoms with Crippen LogP contribution in [0.5, 0.6) is 0 Å². The number of para-hydroxylation sites is 1. The van der Waals surface area contributed by atoms with Crippen LogP contribution in [-0.4, -0.2) is 29.5 Å². The Morgan fingerprint density at radius 2 is 1.61 bits per heavy atom. The Morgan fingerprint density at radius 1 is 0.857 bits per heavy atom. The molecule has 144 valence electrons. The van der Waals surface area contributed by atoms with Gasteiger partial charge in [0.05, 0.1) is 5.52 Å². The molecular formula is C23H25N3O2. The van der Waals surface area contributed by atoms with Gasteiger partial charge < -0.3 is 10.2 Å². The number of fused-ring (bicyclic) bond motifs is 1. The molecule has 1 saturated heterocycles. The molecule has 1 aliphatic rings. The molecule has 0 spiro atoms. The maximum Gasteiger partial charge on any atom is 0.231 e. The molecule has 0 bridgehead atoms. The summed E-state index contributed by atoms with van der Waals surface area (Å²) in [4.78, 5) is 27.1. The number of carbonyl (C=O) groups is 2. The smallest absolute Gasteiger partial charge is 0.231 e. The second-order valence-electron chi connectivity index (χ2n) is 7.28. The second kappa shape index (κ2) is 8.30. The van der Waals surface area contributed by atoms with Crippen molar-refractivity contribution in [3.63, 3.8) is 0 Å². The monoisotopic (exact) mass is 375 g/mol. The summed E-state index contributed by atoms with van der Waals surface area (Å²) in [5.41, 5.74) is 2.85. The SMILES string of the molecule is O=C(CCC(=O)n1ccc2ccccc21)Nc1ccc(N2CCCCC2)cc1. The van der Waals surface area contributed by atoms with Gasteiger partial charge in [0.2, 0.25) is 11.8 Å². The first-order chi connectivity index (χ1) is 13.7. The van der Waals surface area contributed by atoms with Crippen molar-refractivity contribution in [1.82, 2.24) is 4.57 Å². The largest absolute Gasteiger partial charge is 0.372 e. The highest BCUT2D eigenvalue weighted by Gasteiger charge is 2.13. The molecule has 2 heterocycles. The highest BCUT2D eigenvalue weighted by atomic mass is 16.2. The Bertz CT molecular complexity index is 969. The minimum atomic E-state index is -0.143. The van der Waals surface area contributed by atoms with Crippen molar-refractivity contribution in [3.05, 3.63) is 60.8 Å². The number of nitrogens with one attached hydrogen (secondary N) is 1. The van der Waals surface area contributed by atoms with Gasteiger partial charge in [-0.25, -0.2) is 0 Å². The number of rotatable bonds is 5. The van der Waals surface area contributed by atoms with Gasteiger partial charge in [-0.1, -0.05) is 18.2 Å². The van der Waals surface area contributed by atoms with E-state index in [1.807, 2.05) is 42.5 Å². The van der Waals surface area contributed by atoms with Crippen LogP contribution in [0.25, 0.3) is 10.9 Å². The van der Waals surface area contributed by atoms with E-state index in [9.17, 15) is 9.59 Å². The maximum atomic E-state index is 12.5. The van der Waals surface area contributed by atoms with Gasteiger partial charge in [0.15, 0.2) is 0 Å². The zero-order chi connectivity index (χ0) is 19.3. The Morgan fingerprint density at radius 3 is 2.39 bits per heavy atom. The van der Waals surface area contributed by atoms with Crippen molar-refractivity contribution in [3.8, 4) is 0 Å². The molecular weight excluding hydrogens is 350 g/mol. The highest BCUT2D eigenvalue weighted by molar-refractivity contribution is 5.96. The molecule has 1 fully saturated rings. The number of anilines is 2. The molecule has 2 aromatic carbocycles. The molecule has 0 atom stereocenters. The van der Waals surface area contributed by atoms with Crippen LogP contribution < -0.4 is 10.2 Å². The minimum Gasteiger partial charge on any atom is -0.372 e. The van der Waals surface area contributed by atoms with Gasteiger partial charge in [-0.2, -0.15) is 0 Å². The lowest BCUT2D eigenvalue weighted by Crippen LogP contribution is -2.29. The molecule has 0 aliphatic carbocycles. The van der Waals surface area contributed by atoms with E-state index in [2.05, 4.69) is 22.3 Å². The molecule has 1 aromatic heterocycles. The normalized spacial score (nSPS) is 14.2. The molecule has 0 radical (unpaired) electrons. The molecule has 3 aromatic rings. The average Bonchev–Trinajstić information content (AvgIpc) is 3.17. The predicted molar refractivity (Wildman–Crippen MR) is 113 cm³/mol. The van der Waals surface area contributed by atoms with Gasteiger partial charge in [0, 0.05) is 48.9 Å². The lowest BCUT2D eigenvalue weighted by Gasteiger charge is -2.28. The fourth-order valence-corrected chi connectivity index (χ4v) is 3.77. The summed E-state index contributed by atoms with van der Waals surface area (Å²) < 4.78 is 1.62. The van der Waals surface area contributed by atoms with Crippen molar-refractivity contribution in [2.75, 3.05) is 23.3 Å². The summed E-state index contributed by atoms with van der Waals surface area (Å²) in [7, 11) is 0. The Labute approximate surface area is 165 Å². The predicted octanol–water partition coefficient (Wildman–Crippen LogP) is 4.69. The van der Waals surface area contributed by atoms with Gasteiger partial charge in [0.25, 0.3) is 0 Å². The van der Waals surface area contributed by atoms with E-state index in [0.717, 1.165) is 29.7 Å². The maximum absolute atomic E-state index is 12.5. The van der Waals surface area contributed by atoms with E-state index >= 15 is 0 Å². The average molecular weight is 375 g/mol. The summed E-state index contributed by atoms with van der Waals surface area (Å²) in [5, 5.41) is 3.91. The summed E-state index contributed by atoms with van der Waals surface area (Å²) in [6, 6.07) is 17.6. The van der Waals surface area contributed by atoms with E-state index < -0.39 is 0 Å². The number of nitrogens with zero attached hydrogens (tertiary/aromatic N) is 2. The topological polar surface area (TPSA) is 54.3 Å². The number of benzene rings is 2. The zero-order valence-electron chi connectivity index (χ0n) is 15.9. The first-order valence-corrected chi connectivity index (χ1v) is 9.95. The van der Waals surface area contributed by atoms with E-state index in [1.54, 1.807) is 10.8 Å². The van der Waals surface area contributed by atoms with Crippen LogP contribution in [0.4, 0.5) is 11.4 Å². The van der Waals surface area contributed by atoms with Gasteiger partial charge in [-0.15, -0.1) is 0 Å². The molecule has 1 amide bonds. The van der Waals surface area contributed by atoms with Gasteiger partial charge in [-0.05, 0) is 55.7 Å². The number of amides is 1. The van der Waals surface area contributed by atoms with Crippen molar-refractivity contribution in [1.29, 1.82) is 0 Å².